The van der Waals surface area contributed by atoms with Crippen LogP contribution < -0.4 is 0 Å². The fourth-order valence-corrected chi connectivity index (χ4v) is 3.79. The summed E-state index contributed by atoms with van der Waals surface area (Å²) in [5.41, 5.74) is 2.00. The van der Waals surface area contributed by atoms with E-state index in [1.54, 1.807) is 6.92 Å². The summed E-state index contributed by atoms with van der Waals surface area (Å²) in [5.74, 6) is 0.0547. The van der Waals surface area contributed by atoms with E-state index in [2.05, 4.69) is 4.98 Å². The Kier molecular flexibility index (Phi) is 5.50. The summed E-state index contributed by atoms with van der Waals surface area (Å²) in [4.78, 5) is 21.7. The van der Waals surface area contributed by atoms with E-state index in [0.29, 0.717) is 5.82 Å². The van der Waals surface area contributed by atoms with E-state index in [0.717, 1.165) is 15.5 Å². The number of hydroxylamine groups is 1. The first kappa shape index (κ1) is 20.0. The second kappa shape index (κ2) is 7.70. The highest BCUT2D eigenvalue weighted by Gasteiger charge is 2.22. The van der Waals surface area contributed by atoms with Crippen molar-refractivity contribution >= 4 is 27.0 Å². The van der Waals surface area contributed by atoms with E-state index >= 15 is 0 Å². The summed E-state index contributed by atoms with van der Waals surface area (Å²) >= 11 is 0. The SMILES string of the molecule is CON(C)S(=O)(=O)c1ccc(C(=O)O[C@H](C)c2nc3ccccc3n2C)cc1. The molecule has 1 atom stereocenters. The Labute approximate surface area is 163 Å². The van der Waals surface area contributed by atoms with Crippen LogP contribution >= 0.6 is 0 Å². The normalized spacial score (nSPS) is 13.0. The minimum absolute atomic E-state index is 0.0109. The lowest BCUT2D eigenvalue weighted by Gasteiger charge is -2.15. The molecule has 8 nitrogen and oxygen atoms in total. The number of carbonyl (C=O) groups excluding carboxylic acids is 1. The Morgan fingerprint density at radius 3 is 2.39 bits per heavy atom. The van der Waals surface area contributed by atoms with Crippen LogP contribution in [0.5, 0.6) is 0 Å². The van der Waals surface area contributed by atoms with Crippen molar-refractivity contribution in [3.8, 4) is 0 Å². The lowest BCUT2D eigenvalue weighted by Crippen LogP contribution is -2.25. The molecule has 3 rings (SSSR count). The van der Waals surface area contributed by atoms with Gasteiger partial charge in [0, 0.05) is 14.1 Å². The van der Waals surface area contributed by atoms with Crippen LogP contribution in [0.15, 0.2) is 53.4 Å². The number of nitrogens with zero attached hydrogens (tertiary/aromatic N) is 3. The van der Waals surface area contributed by atoms with Crippen LogP contribution in [0.1, 0.15) is 29.2 Å². The molecule has 0 saturated heterocycles. The van der Waals surface area contributed by atoms with Gasteiger partial charge in [-0.3, -0.25) is 4.84 Å². The van der Waals surface area contributed by atoms with E-state index < -0.39 is 22.1 Å². The highest BCUT2D eigenvalue weighted by Crippen LogP contribution is 2.23. The van der Waals surface area contributed by atoms with Crippen LogP contribution in [-0.4, -0.2) is 42.6 Å². The van der Waals surface area contributed by atoms with Crippen molar-refractivity contribution in [3.05, 3.63) is 59.9 Å². The Balaban J connectivity index is 1.78. The number of aryl methyl sites for hydroxylation is 1. The fourth-order valence-electron chi connectivity index (χ4n) is 2.82. The van der Waals surface area contributed by atoms with Crippen LogP contribution in [0, 0.1) is 0 Å². The number of para-hydroxylation sites is 2. The van der Waals surface area contributed by atoms with Gasteiger partial charge in [-0.1, -0.05) is 16.6 Å². The van der Waals surface area contributed by atoms with Gasteiger partial charge in [0.2, 0.25) is 0 Å². The monoisotopic (exact) mass is 403 g/mol. The maximum Gasteiger partial charge on any atom is 0.338 e. The van der Waals surface area contributed by atoms with E-state index in [1.165, 1.54) is 38.4 Å². The summed E-state index contributed by atoms with van der Waals surface area (Å²) in [6, 6.07) is 13.1. The number of carbonyl (C=O) groups is 1. The first-order valence-corrected chi connectivity index (χ1v) is 9.95. The molecule has 0 N–H and O–H groups in total. The minimum Gasteiger partial charge on any atom is -0.451 e. The van der Waals surface area contributed by atoms with Gasteiger partial charge < -0.3 is 9.30 Å². The largest absolute Gasteiger partial charge is 0.451 e. The van der Waals surface area contributed by atoms with Crippen molar-refractivity contribution in [2.45, 2.75) is 17.9 Å². The van der Waals surface area contributed by atoms with E-state index in [1.807, 2.05) is 35.9 Å². The Hall–Kier alpha value is -2.75. The van der Waals surface area contributed by atoms with Crippen molar-refractivity contribution < 1.29 is 22.8 Å². The predicted molar refractivity (Wildman–Crippen MR) is 103 cm³/mol. The van der Waals surface area contributed by atoms with Crippen molar-refractivity contribution in [1.82, 2.24) is 14.0 Å². The molecule has 28 heavy (non-hydrogen) atoms. The summed E-state index contributed by atoms with van der Waals surface area (Å²) in [6.45, 7) is 1.74. The lowest BCUT2D eigenvalue weighted by molar-refractivity contribution is -0.0258. The molecular formula is C19H21N3O5S. The molecule has 0 spiro atoms. The van der Waals surface area contributed by atoms with Gasteiger partial charge >= 0.3 is 5.97 Å². The maximum atomic E-state index is 12.5. The predicted octanol–water partition coefficient (Wildman–Crippen LogP) is 2.67. The van der Waals surface area contributed by atoms with E-state index in [4.69, 9.17) is 9.57 Å². The smallest absolute Gasteiger partial charge is 0.338 e. The second-order valence-corrected chi connectivity index (χ2v) is 8.12. The standard InChI is InChI=1S/C19H21N3O5S/c1-13(18-20-16-7-5-6-8-17(16)21(18)2)27-19(23)14-9-11-15(12-10-14)28(24,25)22(3)26-4/h5-13H,1-4H3/t13-/m1/s1. The highest BCUT2D eigenvalue weighted by molar-refractivity contribution is 7.89. The van der Waals surface area contributed by atoms with Crippen molar-refractivity contribution in [2.24, 2.45) is 7.05 Å². The maximum absolute atomic E-state index is 12.5. The second-order valence-electron chi connectivity index (χ2n) is 6.19. The lowest BCUT2D eigenvalue weighted by atomic mass is 10.2. The van der Waals surface area contributed by atoms with Crippen molar-refractivity contribution in [1.29, 1.82) is 0 Å². The third-order valence-electron chi connectivity index (χ3n) is 4.45. The van der Waals surface area contributed by atoms with Crippen LogP contribution in [0.25, 0.3) is 11.0 Å². The number of hydrogen-bond acceptors (Lipinski definition) is 6. The van der Waals surface area contributed by atoms with Gasteiger partial charge in [0.05, 0.1) is 28.6 Å². The molecule has 0 aliphatic heterocycles. The van der Waals surface area contributed by atoms with Crippen molar-refractivity contribution in [2.75, 3.05) is 14.2 Å². The number of aromatic nitrogens is 2. The topological polar surface area (TPSA) is 90.7 Å². The minimum atomic E-state index is -3.77. The summed E-state index contributed by atoms with van der Waals surface area (Å²) < 4.78 is 32.5. The summed E-state index contributed by atoms with van der Waals surface area (Å²) in [5, 5.41) is 0. The zero-order valence-electron chi connectivity index (χ0n) is 16.0. The summed E-state index contributed by atoms with van der Waals surface area (Å²) in [6.07, 6.45) is -0.576. The number of ether oxygens (including phenoxy) is 1. The number of esters is 1. The first-order chi connectivity index (χ1) is 13.3. The summed E-state index contributed by atoms with van der Waals surface area (Å²) in [7, 11) is 0.633. The van der Waals surface area contributed by atoms with Gasteiger partial charge in [-0.25, -0.2) is 18.2 Å². The van der Waals surface area contributed by atoms with Gasteiger partial charge in [-0.15, -0.1) is 0 Å². The molecule has 0 unspecified atom stereocenters. The molecule has 2 aromatic carbocycles. The molecule has 0 radical (unpaired) electrons. The average molecular weight is 403 g/mol. The first-order valence-electron chi connectivity index (χ1n) is 8.51. The van der Waals surface area contributed by atoms with Crippen LogP contribution in [0.4, 0.5) is 0 Å². The fraction of sp³-hybridized carbons (Fsp3) is 0.263. The third-order valence-corrected chi connectivity index (χ3v) is 6.15. The molecule has 1 heterocycles. The molecule has 3 aromatic rings. The Morgan fingerprint density at radius 2 is 1.79 bits per heavy atom. The van der Waals surface area contributed by atoms with E-state index in [9.17, 15) is 13.2 Å². The molecule has 148 valence electrons. The Morgan fingerprint density at radius 1 is 1.14 bits per heavy atom. The number of benzene rings is 2. The van der Waals surface area contributed by atoms with Crippen molar-refractivity contribution in [3.63, 3.8) is 0 Å². The van der Waals surface area contributed by atoms with Crippen LogP contribution in [0.2, 0.25) is 0 Å². The van der Waals surface area contributed by atoms with Gasteiger partial charge in [0.15, 0.2) is 11.9 Å². The van der Waals surface area contributed by atoms with Gasteiger partial charge in [-0.05, 0) is 43.3 Å². The number of hydrogen-bond donors (Lipinski definition) is 0. The molecule has 0 bridgehead atoms. The van der Waals surface area contributed by atoms with E-state index in [-0.39, 0.29) is 10.5 Å². The molecule has 0 aliphatic rings. The molecule has 9 heteroatoms. The molecule has 0 fully saturated rings. The molecule has 0 amide bonds. The molecular weight excluding hydrogens is 382 g/mol. The van der Waals surface area contributed by atoms with Gasteiger partial charge in [-0.2, -0.15) is 0 Å². The highest BCUT2D eigenvalue weighted by atomic mass is 32.2. The van der Waals surface area contributed by atoms with Gasteiger partial charge in [0.25, 0.3) is 10.0 Å². The average Bonchev–Trinajstić information content (AvgIpc) is 3.04. The molecule has 0 aliphatic carbocycles. The number of sulfonamides is 1. The third kappa shape index (κ3) is 3.64. The number of rotatable bonds is 6. The Bertz CT molecular complexity index is 1110. The molecule has 1 aromatic heterocycles. The van der Waals surface area contributed by atoms with Crippen LogP contribution in [0.3, 0.4) is 0 Å². The molecule has 0 saturated carbocycles. The quantitative estimate of drug-likeness (QED) is 0.464. The number of imidazole rings is 1. The number of fused-ring (bicyclic) bond motifs is 1. The zero-order valence-corrected chi connectivity index (χ0v) is 16.8. The zero-order chi connectivity index (χ0) is 20.5. The van der Waals surface area contributed by atoms with Crippen LogP contribution in [-0.2, 0) is 26.6 Å². The van der Waals surface area contributed by atoms with Gasteiger partial charge in [0.1, 0.15) is 0 Å².